The third-order valence-electron chi connectivity index (χ3n) is 5.82. The summed E-state index contributed by atoms with van der Waals surface area (Å²) in [5.74, 6) is 0.153. The summed E-state index contributed by atoms with van der Waals surface area (Å²) >= 11 is 0. The van der Waals surface area contributed by atoms with E-state index in [1.807, 2.05) is 18.2 Å². The molecule has 1 aliphatic heterocycles. The molecule has 3 rings (SSSR count). The standard InChI is InChI=1S/C22H31N3O3/c1-15(23-21(27)13-17-7-4-3-5-8-17)22(28)24-19-11-10-18-9-6-12-25(16(2)26)20(18)14-19/h10-11,14-15,17H,3-9,12-13H2,1-2H3,(H,23,27)(H,24,28). The Labute approximate surface area is 167 Å². The summed E-state index contributed by atoms with van der Waals surface area (Å²) in [6, 6.07) is 5.07. The molecule has 1 unspecified atom stereocenters. The summed E-state index contributed by atoms with van der Waals surface area (Å²) in [6.07, 6.45) is 8.25. The van der Waals surface area contributed by atoms with Crippen molar-refractivity contribution in [1.29, 1.82) is 0 Å². The fourth-order valence-corrected chi connectivity index (χ4v) is 4.25. The number of rotatable bonds is 5. The number of benzene rings is 1. The van der Waals surface area contributed by atoms with E-state index in [1.54, 1.807) is 18.7 Å². The van der Waals surface area contributed by atoms with Crippen LogP contribution in [0.5, 0.6) is 0 Å². The van der Waals surface area contributed by atoms with Crippen LogP contribution in [0.1, 0.15) is 64.4 Å². The fourth-order valence-electron chi connectivity index (χ4n) is 4.25. The van der Waals surface area contributed by atoms with Gasteiger partial charge in [-0.3, -0.25) is 14.4 Å². The number of nitrogens with one attached hydrogen (secondary N) is 2. The summed E-state index contributed by atoms with van der Waals surface area (Å²) < 4.78 is 0. The molecule has 1 aliphatic carbocycles. The Morgan fingerprint density at radius 2 is 1.89 bits per heavy atom. The second-order valence-corrected chi connectivity index (χ2v) is 8.10. The predicted octanol–water partition coefficient (Wildman–Crippen LogP) is 3.40. The number of anilines is 2. The van der Waals surface area contributed by atoms with E-state index in [9.17, 15) is 14.4 Å². The second kappa shape index (κ2) is 9.22. The van der Waals surface area contributed by atoms with Crippen molar-refractivity contribution in [2.24, 2.45) is 5.92 Å². The summed E-state index contributed by atoms with van der Waals surface area (Å²) in [7, 11) is 0. The highest BCUT2D eigenvalue weighted by Gasteiger charge is 2.23. The molecule has 28 heavy (non-hydrogen) atoms. The number of carbonyl (C=O) groups is 3. The van der Waals surface area contributed by atoms with Gasteiger partial charge in [0.15, 0.2) is 0 Å². The summed E-state index contributed by atoms with van der Waals surface area (Å²) in [5, 5.41) is 5.69. The monoisotopic (exact) mass is 385 g/mol. The van der Waals surface area contributed by atoms with Gasteiger partial charge in [0.05, 0.1) is 0 Å². The van der Waals surface area contributed by atoms with E-state index in [2.05, 4.69) is 10.6 Å². The van der Waals surface area contributed by atoms with Gasteiger partial charge in [0, 0.05) is 31.3 Å². The van der Waals surface area contributed by atoms with Gasteiger partial charge in [-0.1, -0.05) is 25.3 Å². The molecule has 0 radical (unpaired) electrons. The van der Waals surface area contributed by atoms with E-state index in [0.717, 1.165) is 36.9 Å². The van der Waals surface area contributed by atoms with E-state index in [-0.39, 0.29) is 17.7 Å². The normalized spacial score (nSPS) is 18.1. The maximum atomic E-state index is 12.5. The van der Waals surface area contributed by atoms with E-state index in [1.165, 1.54) is 19.3 Å². The number of hydrogen-bond acceptors (Lipinski definition) is 3. The van der Waals surface area contributed by atoms with Crippen molar-refractivity contribution < 1.29 is 14.4 Å². The van der Waals surface area contributed by atoms with Crippen LogP contribution in [0.4, 0.5) is 11.4 Å². The zero-order chi connectivity index (χ0) is 20.1. The number of amides is 3. The molecule has 1 atom stereocenters. The minimum Gasteiger partial charge on any atom is -0.345 e. The fraction of sp³-hybridized carbons (Fsp3) is 0.591. The quantitative estimate of drug-likeness (QED) is 0.815. The molecule has 2 aliphatic rings. The van der Waals surface area contributed by atoms with Crippen molar-refractivity contribution in [2.75, 3.05) is 16.8 Å². The molecule has 1 fully saturated rings. The molecule has 0 spiro atoms. The zero-order valence-electron chi connectivity index (χ0n) is 16.9. The maximum Gasteiger partial charge on any atom is 0.246 e. The Balaban J connectivity index is 1.57. The van der Waals surface area contributed by atoms with Crippen LogP contribution in [0.15, 0.2) is 18.2 Å². The smallest absolute Gasteiger partial charge is 0.246 e. The van der Waals surface area contributed by atoms with Crippen LogP contribution in [0.2, 0.25) is 0 Å². The maximum absolute atomic E-state index is 12.5. The lowest BCUT2D eigenvalue weighted by molar-refractivity contribution is -0.127. The molecule has 0 bridgehead atoms. The van der Waals surface area contributed by atoms with E-state index in [4.69, 9.17) is 0 Å². The Morgan fingerprint density at radius 3 is 2.61 bits per heavy atom. The highest BCUT2D eigenvalue weighted by atomic mass is 16.2. The van der Waals surface area contributed by atoms with Crippen LogP contribution in [0, 0.1) is 5.92 Å². The van der Waals surface area contributed by atoms with Crippen molar-refractivity contribution in [3.8, 4) is 0 Å². The highest BCUT2D eigenvalue weighted by molar-refractivity contribution is 5.98. The first-order valence-electron chi connectivity index (χ1n) is 10.5. The van der Waals surface area contributed by atoms with Gasteiger partial charge in [0.1, 0.15) is 6.04 Å². The summed E-state index contributed by atoms with van der Waals surface area (Å²) in [5.41, 5.74) is 2.63. The van der Waals surface area contributed by atoms with Crippen molar-refractivity contribution in [3.63, 3.8) is 0 Å². The minimum absolute atomic E-state index is 0.00720. The molecule has 3 amide bonds. The van der Waals surface area contributed by atoms with Crippen LogP contribution in [-0.2, 0) is 20.8 Å². The van der Waals surface area contributed by atoms with Crippen molar-refractivity contribution >= 4 is 29.1 Å². The first-order valence-corrected chi connectivity index (χ1v) is 10.5. The Kier molecular flexibility index (Phi) is 6.70. The number of hydrogen-bond donors (Lipinski definition) is 2. The van der Waals surface area contributed by atoms with Crippen LogP contribution < -0.4 is 15.5 Å². The highest BCUT2D eigenvalue weighted by Crippen LogP contribution is 2.30. The van der Waals surface area contributed by atoms with Crippen molar-refractivity contribution in [3.05, 3.63) is 23.8 Å². The average Bonchev–Trinajstić information content (AvgIpc) is 2.67. The van der Waals surface area contributed by atoms with Gasteiger partial charge < -0.3 is 15.5 Å². The largest absolute Gasteiger partial charge is 0.345 e. The number of aryl methyl sites for hydroxylation is 1. The first kappa shape index (κ1) is 20.4. The van der Waals surface area contributed by atoms with Gasteiger partial charge in [0.2, 0.25) is 17.7 Å². The van der Waals surface area contributed by atoms with Crippen LogP contribution in [0.3, 0.4) is 0 Å². The molecule has 0 aromatic heterocycles. The van der Waals surface area contributed by atoms with Crippen LogP contribution >= 0.6 is 0 Å². The van der Waals surface area contributed by atoms with E-state index < -0.39 is 6.04 Å². The van der Waals surface area contributed by atoms with Gasteiger partial charge in [-0.05, 0) is 56.2 Å². The molecular weight excluding hydrogens is 354 g/mol. The number of fused-ring (bicyclic) bond motifs is 1. The predicted molar refractivity (Wildman–Crippen MR) is 110 cm³/mol. The van der Waals surface area contributed by atoms with Crippen LogP contribution in [-0.4, -0.2) is 30.3 Å². The molecule has 152 valence electrons. The van der Waals surface area contributed by atoms with E-state index >= 15 is 0 Å². The van der Waals surface area contributed by atoms with Gasteiger partial charge >= 0.3 is 0 Å². The summed E-state index contributed by atoms with van der Waals surface area (Å²) in [6.45, 7) is 3.96. The summed E-state index contributed by atoms with van der Waals surface area (Å²) in [4.78, 5) is 38.4. The van der Waals surface area contributed by atoms with E-state index in [0.29, 0.717) is 24.6 Å². The Morgan fingerprint density at radius 1 is 1.14 bits per heavy atom. The van der Waals surface area contributed by atoms with Crippen molar-refractivity contribution in [1.82, 2.24) is 5.32 Å². The molecule has 6 heteroatoms. The lowest BCUT2D eigenvalue weighted by Crippen LogP contribution is -2.42. The van der Waals surface area contributed by atoms with Crippen LogP contribution in [0.25, 0.3) is 0 Å². The molecule has 1 aromatic carbocycles. The lowest BCUT2D eigenvalue weighted by atomic mass is 9.87. The van der Waals surface area contributed by atoms with Crippen molar-refractivity contribution in [2.45, 2.75) is 71.3 Å². The molecule has 0 saturated heterocycles. The topological polar surface area (TPSA) is 78.5 Å². The van der Waals surface area contributed by atoms with Gasteiger partial charge in [-0.2, -0.15) is 0 Å². The number of carbonyl (C=O) groups excluding carboxylic acids is 3. The average molecular weight is 386 g/mol. The molecule has 6 nitrogen and oxygen atoms in total. The minimum atomic E-state index is -0.601. The van der Waals surface area contributed by atoms with Gasteiger partial charge in [0.25, 0.3) is 0 Å². The second-order valence-electron chi connectivity index (χ2n) is 8.10. The molecule has 2 N–H and O–H groups in total. The zero-order valence-corrected chi connectivity index (χ0v) is 16.9. The molecular formula is C22H31N3O3. The Hall–Kier alpha value is -2.37. The molecule has 1 aromatic rings. The lowest BCUT2D eigenvalue weighted by Gasteiger charge is -2.29. The van der Waals surface area contributed by atoms with Gasteiger partial charge in [-0.15, -0.1) is 0 Å². The third-order valence-corrected chi connectivity index (χ3v) is 5.82. The van der Waals surface area contributed by atoms with Gasteiger partial charge in [-0.25, -0.2) is 0 Å². The Bertz CT molecular complexity index is 741. The SMILES string of the molecule is CC(=O)N1CCCc2ccc(NC(=O)C(C)NC(=O)CC3CCCCC3)cc21. The molecule has 1 heterocycles. The molecule has 1 saturated carbocycles. The number of nitrogens with zero attached hydrogens (tertiary/aromatic N) is 1. The first-order chi connectivity index (χ1) is 13.4. The third kappa shape index (κ3) is 5.12.